The van der Waals surface area contributed by atoms with E-state index in [1.165, 1.54) is 6.07 Å². The SMILES string of the molecule is CCC1CC(C(=O)O)(c2ccc(F)cc2F)C1. The number of rotatable bonds is 3. The van der Waals surface area contributed by atoms with E-state index in [0.29, 0.717) is 18.8 Å². The predicted octanol–water partition coefficient (Wildman–Crippen LogP) is 3.11. The fourth-order valence-electron chi connectivity index (χ4n) is 2.60. The second-order valence-corrected chi connectivity index (χ2v) is 4.69. The molecule has 1 aromatic rings. The number of hydrogen-bond donors (Lipinski definition) is 1. The smallest absolute Gasteiger partial charge is 0.314 e. The van der Waals surface area contributed by atoms with Gasteiger partial charge in [0.15, 0.2) is 0 Å². The first-order valence-electron chi connectivity index (χ1n) is 5.68. The summed E-state index contributed by atoms with van der Waals surface area (Å²) in [5.74, 6) is -2.15. The molecule has 2 nitrogen and oxygen atoms in total. The van der Waals surface area contributed by atoms with Crippen LogP contribution < -0.4 is 0 Å². The number of benzene rings is 1. The highest BCUT2D eigenvalue weighted by molar-refractivity contribution is 5.82. The van der Waals surface area contributed by atoms with Gasteiger partial charge in [0.05, 0.1) is 5.41 Å². The maximum atomic E-state index is 13.7. The van der Waals surface area contributed by atoms with Crippen LogP contribution in [0, 0.1) is 17.6 Å². The second-order valence-electron chi connectivity index (χ2n) is 4.69. The van der Waals surface area contributed by atoms with Crippen molar-refractivity contribution in [2.24, 2.45) is 5.92 Å². The van der Waals surface area contributed by atoms with Crippen molar-refractivity contribution in [2.75, 3.05) is 0 Å². The fourth-order valence-corrected chi connectivity index (χ4v) is 2.60. The van der Waals surface area contributed by atoms with Gasteiger partial charge in [0.1, 0.15) is 11.6 Å². The molecule has 1 fully saturated rings. The molecule has 0 aromatic heterocycles. The minimum Gasteiger partial charge on any atom is -0.481 e. The van der Waals surface area contributed by atoms with Crippen molar-refractivity contribution in [1.82, 2.24) is 0 Å². The van der Waals surface area contributed by atoms with Gasteiger partial charge in [-0.25, -0.2) is 8.78 Å². The van der Waals surface area contributed by atoms with E-state index in [0.717, 1.165) is 18.6 Å². The molecule has 92 valence electrons. The molecule has 1 aromatic carbocycles. The third-order valence-electron chi connectivity index (χ3n) is 3.71. The standard InChI is InChI=1S/C13H14F2O2/c1-2-8-6-13(7-8,12(16)17)10-4-3-9(14)5-11(10)15/h3-5,8H,2,6-7H2,1H3,(H,16,17). The lowest BCUT2D eigenvalue weighted by atomic mass is 9.58. The quantitative estimate of drug-likeness (QED) is 0.881. The van der Waals surface area contributed by atoms with Crippen LogP contribution in [0.4, 0.5) is 8.78 Å². The van der Waals surface area contributed by atoms with Crippen molar-refractivity contribution in [3.8, 4) is 0 Å². The average Bonchev–Trinajstić information content (AvgIpc) is 2.19. The summed E-state index contributed by atoms with van der Waals surface area (Å²) in [6, 6.07) is 3.12. The van der Waals surface area contributed by atoms with Crippen molar-refractivity contribution < 1.29 is 18.7 Å². The third kappa shape index (κ3) is 1.81. The van der Waals surface area contributed by atoms with Gasteiger partial charge in [0.2, 0.25) is 0 Å². The molecule has 1 aliphatic rings. The second kappa shape index (κ2) is 4.09. The Labute approximate surface area is 98.3 Å². The molecule has 1 aliphatic carbocycles. The Morgan fingerprint density at radius 3 is 2.59 bits per heavy atom. The number of carbonyl (C=O) groups is 1. The summed E-state index contributed by atoms with van der Waals surface area (Å²) in [4.78, 5) is 11.3. The van der Waals surface area contributed by atoms with E-state index in [4.69, 9.17) is 0 Å². The van der Waals surface area contributed by atoms with Gasteiger partial charge in [0, 0.05) is 11.6 Å². The molecule has 1 N–H and O–H groups in total. The molecule has 1 saturated carbocycles. The van der Waals surface area contributed by atoms with Gasteiger partial charge in [-0.15, -0.1) is 0 Å². The molecule has 0 unspecified atom stereocenters. The molecular weight excluding hydrogens is 226 g/mol. The highest BCUT2D eigenvalue weighted by Crippen LogP contribution is 2.50. The Bertz CT molecular complexity index is 451. The summed E-state index contributed by atoms with van der Waals surface area (Å²) in [5, 5.41) is 9.28. The van der Waals surface area contributed by atoms with E-state index in [1.807, 2.05) is 6.92 Å². The molecule has 0 amide bonds. The third-order valence-corrected chi connectivity index (χ3v) is 3.71. The first kappa shape index (κ1) is 12.0. The molecule has 0 spiro atoms. The van der Waals surface area contributed by atoms with E-state index >= 15 is 0 Å². The summed E-state index contributed by atoms with van der Waals surface area (Å²) < 4.78 is 26.5. The van der Waals surface area contributed by atoms with Crippen molar-refractivity contribution in [3.05, 3.63) is 35.4 Å². The van der Waals surface area contributed by atoms with Crippen LogP contribution >= 0.6 is 0 Å². The van der Waals surface area contributed by atoms with Gasteiger partial charge in [0.25, 0.3) is 0 Å². The van der Waals surface area contributed by atoms with Gasteiger partial charge >= 0.3 is 5.97 Å². The topological polar surface area (TPSA) is 37.3 Å². The Morgan fingerprint density at radius 2 is 2.12 bits per heavy atom. The van der Waals surface area contributed by atoms with Crippen LogP contribution in [0.2, 0.25) is 0 Å². The Hall–Kier alpha value is -1.45. The van der Waals surface area contributed by atoms with Crippen LogP contribution in [0.5, 0.6) is 0 Å². The zero-order valence-corrected chi connectivity index (χ0v) is 9.54. The molecule has 0 aliphatic heterocycles. The van der Waals surface area contributed by atoms with E-state index in [9.17, 15) is 18.7 Å². The predicted molar refractivity (Wildman–Crippen MR) is 58.7 cm³/mol. The molecule has 17 heavy (non-hydrogen) atoms. The molecule has 4 heteroatoms. The number of hydrogen-bond acceptors (Lipinski definition) is 1. The van der Waals surface area contributed by atoms with Gasteiger partial charge in [-0.2, -0.15) is 0 Å². The molecule has 0 radical (unpaired) electrons. The lowest BCUT2D eigenvalue weighted by Crippen LogP contribution is -2.48. The highest BCUT2D eigenvalue weighted by atomic mass is 19.1. The minimum atomic E-state index is -1.15. The molecule has 0 saturated heterocycles. The highest BCUT2D eigenvalue weighted by Gasteiger charge is 2.52. The van der Waals surface area contributed by atoms with E-state index in [-0.39, 0.29) is 5.56 Å². The van der Waals surface area contributed by atoms with Crippen molar-refractivity contribution in [2.45, 2.75) is 31.6 Å². The van der Waals surface area contributed by atoms with Crippen molar-refractivity contribution in [3.63, 3.8) is 0 Å². The maximum Gasteiger partial charge on any atom is 0.314 e. The summed E-state index contributed by atoms with van der Waals surface area (Å²) in [7, 11) is 0. The maximum absolute atomic E-state index is 13.7. The first-order valence-corrected chi connectivity index (χ1v) is 5.68. The van der Waals surface area contributed by atoms with E-state index in [1.54, 1.807) is 0 Å². The van der Waals surface area contributed by atoms with Crippen LogP contribution in [0.15, 0.2) is 18.2 Å². The lowest BCUT2D eigenvalue weighted by molar-refractivity contribution is -0.150. The van der Waals surface area contributed by atoms with Gasteiger partial charge in [-0.3, -0.25) is 4.79 Å². The number of halogens is 2. The van der Waals surface area contributed by atoms with Crippen LogP contribution in [0.1, 0.15) is 31.7 Å². The van der Waals surface area contributed by atoms with Gasteiger partial charge < -0.3 is 5.11 Å². The van der Waals surface area contributed by atoms with Crippen molar-refractivity contribution in [1.29, 1.82) is 0 Å². The average molecular weight is 240 g/mol. The normalized spacial score (nSPS) is 27.6. The molecule has 0 heterocycles. The van der Waals surface area contributed by atoms with Crippen molar-refractivity contribution >= 4 is 5.97 Å². The monoisotopic (exact) mass is 240 g/mol. The Morgan fingerprint density at radius 1 is 1.47 bits per heavy atom. The van der Waals surface area contributed by atoms with Crippen LogP contribution in [-0.2, 0) is 10.2 Å². The fraction of sp³-hybridized carbons (Fsp3) is 0.462. The first-order chi connectivity index (χ1) is 7.99. The zero-order valence-electron chi connectivity index (χ0n) is 9.54. The van der Waals surface area contributed by atoms with Gasteiger partial charge in [-0.05, 0) is 24.8 Å². The zero-order chi connectivity index (χ0) is 12.6. The van der Waals surface area contributed by atoms with Gasteiger partial charge in [-0.1, -0.05) is 19.4 Å². The summed E-state index contributed by atoms with van der Waals surface area (Å²) in [5.41, 5.74) is -1.05. The Kier molecular flexibility index (Phi) is 2.89. The summed E-state index contributed by atoms with van der Waals surface area (Å²) >= 11 is 0. The number of carboxylic acid groups (broad SMARTS) is 1. The van der Waals surface area contributed by atoms with E-state index < -0.39 is 23.0 Å². The largest absolute Gasteiger partial charge is 0.481 e. The Balaban J connectivity index is 2.38. The van der Waals surface area contributed by atoms with Crippen LogP contribution in [0.25, 0.3) is 0 Å². The minimum absolute atomic E-state index is 0.108. The molecular formula is C13H14F2O2. The molecule has 0 atom stereocenters. The molecule has 2 rings (SSSR count). The summed E-state index contributed by atoms with van der Waals surface area (Å²) in [6.07, 6.45) is 1.75. The number of carboxylic acids is 1. The summed E-state index contributed by atoms with van der Waals surface area (Å²) in [6.45, 7) is 1.98. The number of aliphatic carboxylic acids is 1. The molecule has 0 bridgehead atoms. The lowest BCUT2D eigenvalue weighted by Gasteiger charge is -2.44. The van der Waals surface area contributed by atoms with Crippen LogP contribution in [0.3, 0.4) is 0 Å². The van der Waals surface area contributed by atoms with Crippen LogP contribution in [-0.4, -0.2) is 11.1 Å². The van der Waals surface area contributed by atoms with E-state index in [2.05, 4.69) is 0 Å².